The third kappa shape index (κ3) is 2.56. The Morgan fingerprint density at radius 2 is 2.21 bits per heavy atom. The Morgan fingerprint density at radius 3 is 3.05 bits per heavy atom. The van der Waals surface area contributed by atoms with Crippen molar-refractivity contribution in [3.63, 3.8) is 0 Å². The number of pyridine rings is 1. The molecule has 1 aliphatic carbocycles. The number of hydrogen-bond donors (Lipinski definition) is 1. The topological polar surface area (TPSA) is 24.9 Å². The molecule has 1 aromatic carbocycles. The van der Waals surface area contributed by atoms with Crippen molar-refractivity contribution in [1.82, 2.24) is 4.98 Å². The Hall–Kier alpha value is -1.61. The summed E-state index contributed by atoms with van der Waals surface area (Å²) in [6, 6.07) is 9.01. The van der Waals surface area contributed by atoms with Crippen molar-refractivity contribution < 1.29 is 4.39 Å². The van der Waals surface area contributed by atoms with Gasteiger partial charge >= 0.3 is 0 Å². The molecule has 1 aliphatic rings. The molecule has 0 amide bonds. The Balaban J connectivity index is 1.86. The molecular formula is C15H14ClFN2. The van der Waals surface area contributed by atoms with Crippen LogP contribution in [0.15, 0.2) is 36.5 Å². The number of hydrogen-bond acceptors (Lipinski definition) is 2. The van der Waals surface area contributed by atoms with Crippen LogP contribution < -0.4 is 5.32 Å². The summed E-state index contributed by atoms with van der Waals surface area (Å²) >= 11 is 5.69. The van der Waals surface area contributed by atoms with Crippen molar-refractivity contribution in [1.29, 1.82) is 0 Å². The van der Waals surface area contributed by atoms with E-state index in [2.05, 4.69) is 16.4 Å². The van der Waals surface area contributed by atoms with Crippen LogP contribution in [0.25, 0.3) is 0 Å². The summed E-state index contributed by atoms with van der Waals surface area (Å²) in [5.41, 5.74) is 3.09. The number of benzene rings is 1. The molecule has 0 saturated heterocycles. The average Bonchev–Trinajstić information content (AvgIpc) is 2.43. The largest absolute Gasteiger partial charge is 0.377 e. The summed E-state index contributed by atoms with van der Waals surface area (Å²) in [5, 5.41) is 3.49. The number of nitrogens with one attached hydrogen (secondary N) is 1. The summed E-state index contributed by atoms with van der Waals surface area (Å²) in [6.07, 6.45) is 5.00. The number of aryl methyl sites for hydroxylation is 1. The van der Waals surface area contributed by atoms with E-state index in [4.69, 9.17) is 11.6 Å². The quantitative estimate of drug-likeness (QED) is 0.881. The highest BCUT2D eigenvalue weighted by Crippen LogP contribution is 2.31. The maximum Gasteiger partial charge on any atom is 0.143 e. The van der Waals surface area contributed by atoms with Crippen molar-refractivity contribution in [2.24, 2.45) is 0 Å². The van der Waals surface area contributed by atoms with Crippen LogP contribution in [0.3, 0.4) is 0 Å². The Labute approximate surface area is 116 Å². The predicted octanol–water partition coefficient (Wildman–Crippen LogP) is 4.36. The van der Waals surface area contributed by atoms with Crippen molar-refractivity contribution in [3.05, 3.63) is 58.6 Å². The first kappa shape index (κ1) is 12.4. The van der Waals surface area contributed by atoms with E-state index in [-0.39, 0.29) is 11.1 Å². The van der Waals surface area contributed by atoms with E-state index in [0.29, 0.717) is 0 Å². The minimum Gasteiger partial charge on any atom is -0.377 e. The van der Waals surface area contributed by atoms with Crippen LogP contribution in [-0.4, -0.2) is 4.98 Å². The van der Waals surface area contributed by atoms with E-state index in [9.17, 15) is 4.39 Å². The van der Waals surface area contributed by atoms with Crippen LogP contribution in [0.1, 0.15) is 30.1 Å². The van der Waals surface area contributed by atoms with Crippen LogP contribution in [0, 0.1) is 5.82 Å². The number of fused-ring (bicyclic) bond motifs is 1. The second-order valence-corrected chi connectivity index (χ2v) is 5.17. The molecule has 1 N–H and O–H groups in total. The van der Waals surface area contributed by atoms with E-state index in [1.54, 1.807) is 18.3 Å². The minimum atomic E-state index is -0.399. The van der Waals surface area contributed by atoms with Crippen LogP contribution in [0.2, 0.25) is 5.02 Å². The van der Waals surface area contributed by atoms with E-state index in [1.165, 1.54) is 11.6 Å². The van der Waals surface area contributed by atoms with Gasteiger partial charge < -0.3 is 5.32 Å². The molecule has 0 bridgehead atoms. The first-order valence-corrected chi connectivity index (χ1v) is 6.77. The van der Waals surface area contributed by atoms with Gasteiger partial charge in [-0.3, -0.25) is 4.98 Å². The molecule has 98 valence electrons. The molecule has 0 fully saturated rings. The summed E-state index contributed by atoms with van der Waals surface area (Å²) in [4.78, 5) is 4.45. The molecule has 4 heteroatoms. The first-order valence-electron chi connectivity index (χ1n) is 6.39. The van der Waals surface area contributed by atoms with Crippen molar-refractivity contribution in [3.8, 4) is 0 Å². The SMILES string of the molecule is Fc1cc(NC2CCCc3cccnc32)ccc1Cl. The fourth-order valence-corrected chi connectivity index (χ4v) is 2.65. The number of rotatable bonds is 2. The van der Waals surface area contributed by atoms with Crippen LogP contribution in [-0.2, 0) is 6.42 Å². The Bertz CT molecular complexity index is 600. The molecule has 1 aromatic heterocycles. The van der Waals surface area contributed by atoms with Gasteiger partial charge in [0.2, 0.25) is 0 Å². The Morgan fingerprint density at radius 1 is 1.32 bits per heavy atom. The van der Waals surface area contributed by atoms with Gasteiger partial charge in [0.05, 0.1) is 16.8 Å². The predicted molar refractivity (Wildman–Crippen MR) is 74.9 cm³/mol. The van der Waals surface area contributed by atoms with E-state index < -0.39 is 5.82 Å². The second kappa shape index (κ2) is 5.17. The number of anilines is 1. The summed E-state index contributed by atoms with van der Waals surface area (Å²) in [5.74, 6) is -0.399. The number of nitrogens with zero attached hydrogens (tertiary/aromatic N) is 1. The summed E-state index contributed by atoms with van der Waals surface area (Å²) in [6.45, 7) is 0. The van der Waals surface area contributed by atoms with Crippen molar-refractivity contribution in [2.75, 3.05) is 5.32 Å². The van der Waals surface area contributed by atoms with Gasteiger partial charge in [-0.25, -0.2) is 4.39 Å². The second-order valence-electron chi connectivity index (χ2n) is 4.77. The molecular weight excluding hydrogens is 263 g/mol. The zero-order valence-corrected chi connectivity index (χ0v) is 11.1. The zero-order valence-electron chi connectivity index (χ0n) is 10.4. The molecule has 0 saturated carbocycles. The highest BCUT2D eigenvalue weighted by atomic mass is 35.5. The maximum absolute atomic E-state index is 13.4. The molecule has 0 radical (unpaired) electrons. The van der Waals surface area contributed by atoms with Crippen molar-refractivity contribution >= 4 is 17.3 Å². The molecule has 19 heavy (non-hydrogen) atoms. The van der Waals surface area contributed by atoms with Crippen LogP contribution in [0.4, 0.5) is 10.1 Å². The normalized spacial score (nSPS) is 17.9. The lowest BCUT2D eigenvalue weighted by atomic mass is 9.92. The fraction of sp³-hybridized carbons (Fsp3) is 0.267. The Kier molecular flexibility index (Phi) is 3.38. The lowest BCUT2D eigenvalue weighted by Crippen LogP contribution is -2.18. The number of halogens is 2. The molecule has 2 aromatic rings. The fourth-order valence-electron chi connectivity index (χ4n) is 2.54. The third-order valence-electron chi connectivity index (χ3n) is 3.46. The van der Waals surface area contributed by atoms with Crippen LogP contribution in [0.5, 0.6) is 0 Å². The van der Waals surface area contributed by atoms with Gasteiger partial charge in [0.15, 0.2) is 0 Å². The molecule has 2 nitrogen and oxygen atoms in total. The first-order chi connectivity index (χ1) is 9.24. The van der Waals surface area contributed by atoms with E-state index in [0.717, 1.165) is 30.6 Å². The molecule has 1 unspecified atom stereocenters. The molecule has 0 spiro atoms. The van der Waals surface area contributed by atoms with E-state index >= 15 is 0 Å². The van der Waals surface area contributed by atoms with Gasteiger partial charge in [-0.05, 0) is 49.1 Å². The molecule has 3 rings (SSSR count). The molecule has 0 aliphatic heterocycles. The van der Waals surface area contributed by atoms with Gasteiger partial charge in [-0.15, -0.1) is 0 Å². The summed E-state index contributed by atoms with van der Waals surface area (Å²) in [7, 11) is 0. The molecule has 1 heterocycles. The van der Waals surface area contributed by atoms with Crippen molar-refractivity contribution in [2.45, 2.75) is 25.3 Å². The standard InChI is InChI=1S/C15H14ClFN2/c16-12-7-6-11(9-13(12)17)19-14-5-1-3-10-4-2-8-18-15(10)14/h2,4,6-9,14,19H,1,3,5H2. The molecule has 1 atom stereocenters. The monoisotopic (exact) mass is 276 g/mol. The average molecular weight is 277 g/mol. The highest BCUT2D eigenvalue weighted by molar-refractivity contribution is 6.30. The van der Waals surface area contributed by atoms with Gasteiger partial charge in [-0.2, -0.15) is 0 Å². The van der Waals surface area contributed by atoms with Crippen LogP contribution >= 0.6 is 11.6 Å². The van der Waals surface area contributed by atoms with Gasteiger partial charge in [0.1, 0.15) is 5.82 Å². The summed E-state index contributed by atoms with van der Waals surface area (Å²) < 4.78 is 13.4. The lowest BCUT2D eigenvalue weighted by Gasteiger charge is -2.26. The number of aromatic nitrogens is 1. The smallest absolute Gasteiger partial charge is 0.143 e. The van der Waals surface area contributed by atoms with E-state index in [1.807, 2.05) is 6.07 Å². The van der Waals surface area contributed by atoms with Gasteiger partial charge in [0, 0.05) is 11.9 Å². The third-order valence-corrected chi connectivity index (χ3v) is 3.76. The zero-order chi connectivity index (χ0) is 13.2. The maximum atomic E-state index is 13.4. The van der Waals surface area contributed by atoms with Gasteiger partial charge in [-0.1, -0.05) is 17.7 Å². The van der Waals surface area contributed by atoms with Gasteiger partial charge in [0.25, 0.3) is 0 Å². The minimum absolute atomic E-state index is 0.144. The lowest BCUT2D eigenvalue weighted by molar-refractivity contribution is 0.582. The highest BCUT2D eigenvalue weighted by Gasteiger charge is 2.21.